The maximum absolute atomic E-state index is 12.5. The average Bonchev–Trinajstić information content (AvgIpc) is 2.65. The van der Waals surface area contributed by atoms with Crippen molar-refractivity contribution in [3.63, 3.8) is 0 Å². The first kappa shape index (κ1) is 28.9. The van der Waals surface area contributed by atoms with Gasteiger partial charge in [-0.05, 0) is 60.6 Å². The fourth-order valence-electron chi connectivity index (χ4n) is 4.54. The molecule has 0 radical (unpaired) electrons. The van der Waals surface area contributed by atoms with Gasteiger partial charge in [0.15, 0.2) is 6.35 Å². The highest BCUT2D eigenvalue weighted by Crippen LogP contribution is 2.48. The van der Waals surface area contributed by atoms with Crippen LogP contribution in [0.1, 0.15) is 74.3 Å². The molecule has 5 nitrogen and oxygen atoms in total. The Kier molecular flexibility index (Phi) is 11.2. The van der Waals surface area contributed by atoms with Gasteiger partial charge in [0.05, 0.1) is 19.3 Å². The van der Waals surface area contributed by atoms with Gasteiger partial charge in [-0.3, -0.25) is 4.57 Å². The van der Waals surface area contributed by atoms with Gasteiger partial charge in [0, 0.05) is 0 Å². The standard InChI is InChI=1S/C26H45O5P/c1-10-30-32(28,31-11-2)19-29-22-17-15-21(16-18-22)14-12-13-20(3)23(27)24(25(4,5)6)26(7,8)9/h12,14-18,20,23-24,27H,10-11,13,19H2,1-9H3/b14-12+/t20-,23-/m1/s1. The van der Waals surface area contributed by atoms with Crippen LogP contribution in [0.4, 0.5) is 0 Å². The first-order valence-electron chi connectivity index (χ1n) is 11.7. The summed E-state index contributed by atoms with van der Waals surface area (Å²) in [6, 6.07) is 7.59. The second-order valence-electron chi connectivity index (χ2n) is 10.6. The second kappa shape index (κ2) is 12.4. The SMILES string of the molecule is CCOP(=O)(COc1ccc(/C=C/C[C@@H](C)[C@@H](O)C(C(C)(C)C)C(C)(C)C)cc1)OCC. The number of aliphatic hydroxyl groups excluding tert-OH is 1. The van der Waals surface area contributed by atoms with Gasteiger partial charge in [0.1, 0.15) is 5.75 Å². The van der Waals surface area contributed by atoms with E-state index in [2.05, 4.69) is 60.6 Å². The molecule has 0 saturated heterocycles. The lowest BCUT2D eigenvalue weighted by Crippen LogP contribution is -2.44. The van der Waals surface area contributed by atoms with Crippen LogP contribution in [0.3, 0.4) is 0 Å². The molecule has 0 aliphatic carbocycles. The monoisotopic (exact) mass is 468 g/mol. The van der Waals surface area contributed by atoms with Gasteiger partial charge >= 0.3 is 7.60 Å². The van der Waals surface area contributed by atoms with Crippen LogP contribution in [0.25, 0.3) is 6.08 Å². The molecule has 32 heavy (non-hydrogen) atoms. The summed E-state index contributed by atoms with van der Waals surface area (Å²) in [6.45, 7) is 19.5. The number of hydrogen-bond donors (Lipinski definition) is 1. The topological polar surface area (TPSA) is 65.0 Å². The Morgan fingerprint density at radius 3 is 1.91 bits per heavy atom. The van der Waals surface area contributed by atoms with Crippen molar-refractivity contribution in [2.24, 2.45) is 22.7 Å². The Balaban J connectivity index is 2.70. The fourth-order valence-corrected chi connectivity index (χ4v) is 5.86. The summed E-state index contributed by atoms with van der Waals surface area (Å²) in [5.41, 5.74) is 1.10. The molecule has 0 aromatic heterocycles. The second-order valence-corrected chi connectivity index (χ2v) is 12.6. The Morgan fingerprint density at radius 1 is 0.969 bits per heavy atom. The third-order valence-electron chi connectivity index (χ3n) is 5.53. The number of hydrogen-bond acceptors (Lipinski definition) is 5. The summed E-state index contributed by atoms with van der Waals surface area (Å²) < 4.78 is 28.6. The normalized spacial score (nSPS) is 15.3. The minimum atomic E-state index is -3.23. The van der Waals surface area contributed by atoms with Crippen LogP contribution in [-0.4, -0.2) is 30.8 Å². The highest BCUT2D eigenvalue weighted by molar-refractivity contribution is 7.53. The summed E-state index contributed by atoms with van der Waals surface area (Å²) in [4.78, 5) is 0. The first-order valence-corrected chi connectivity index (χ1v) is 13.4. The van der Waals surface area contributed by atoms with Crippen LogP contribution in [0, 0.1) is 22.7 Å². The maximum atomic E-state index is 12.5. The molecular formula is C26H45O5P. The van der Waals surface area contributed by atoms with Crippen molar-refractivity contribution in [3.8, 4) is 5.75 Å². The summed E-state index contributed by atoms with van der Waals surface area (Å²) in [7, 11) is -3.23. The van der Waals surface area contributed by atoms with E-state index in [4.69, 9.17) is 13.8 Å². The van der Waals surface area contributed by atoms with Crippen LogP contribution in [0.15, 0.2) is 30.3 Å². The molecule has 6 heteroatoms. The molecule has 0 bridgehead atoms. The number of aliphatic hydroxyl groups is 1. The fraction of sp³-hybridized carbons (Fsp3) is 0.692. The minimum Gasteiger partial charge on any atom is -0.481 e. The zero-order chi connectivity index (χ0) is 24.6. The third kappa shape index (κ3) is 9.39. The van der Waals surface area contributed by atoms with E-state index in [0.717, 1.165) is 12.0 Å². The zero-order valence-corrected chi connectivity index (χ0v) is 22.4. The van der Waals surface area contributed by atoms with Crippen molar-refractivity contribution in [3.05, 3.63) is 35.9 Å². The van der Waals surface area contributed by atoms with Gasteiger partial charge in [-0.25, -0.2) is 0 Å². The van der Waals surface area contributed by atoms with Crippen molar-refractivity contribution >= 4 is 13.7 Å². The molecule has 0 heterocycles. The Hall–Kier alpha value is -1.13. The predicted molar refractivity (Wildman–Crippen MR) is 134 cm³/mol. The molecule has 0 saturated carbocycles. The van der Waals surface area contributed by atoms with Crippen LogP contribution >= 0.6 is 7.60 Å². The minimum absolute atomic E-state index is 0.0276. The Morgan fingerprint density at radius 2 is 1.47 bits per heavy atom. The Bertz CT molecular complexity index is 719. The van der Waals surface area contributed by atoms with E-state index in [0.29, 0.717) is 19.0 Å². The molecule has 184 valence electrons. The van der Waals surface area contributed by atoms with Gasteiger partial charge < -0.3 is 18.9 Å². The zero-order valence-electron chi connectivity index (χ0n) is 21.6. The quantitative estimate of drug-likeness (QED) is 0.324. The van der Waals surface area contributed by atoms with E-state index >= 15 is 0 Å². The smallest absolute Gasteiger partial charge is 0.367 e. The van der Waals surface area contributed by atoms with Gasteiger partial charge in [-0.1, -0.05) is 72.8 Å². The predicted octanol–water partition coefficient (Wildman–Crippen LogP) is 7.40. The van der Waals surface area contributed by atoms with E-state index in [1.54, 1.807) is 13.8 Å². The van der Waals surface area contributed by atoms with Crippen molar-refractivity contribution in [1.29, 1.82) is 0 Å². The third-order valence-corrected chi connectivity index (χ3v) is 7.28. The lowest BCUT2D eigenvalue weighted by molar-refractivity contribution is -0.0515. The van der Waals surface area contributed by atoms with Crippen molar-refractivity contribution in [2.45, 2.75) is 74.8 Å². The van der Waals surface area contributed by atoms with E-state index in [-0.39, 0.29) is 35.1 Å². The van der Waals surface area contributed by atoms with E-state index < -0.39 is 7.60 Å². The summed E-state index contributed by atoms with van der Waals surface area (Å²) in [5.74, 6) is 0.964. The molecule has 0 amide bonds. The largest absolute Gasteiger partial charge is 0.481 e. The maximum Gasteiger partial charge on any atom is 0.367 e. The van der Waals surface area contributed by atoms with Crippen LogP contribution < -0.4 is 4.74 Å². The summed E-state index contributed by atoms with van der Waals surface area (Å²) in [5, 5.41) is 11.1. The molecule has 0 fully saturated rings. The van der Waals surface area contributed by atoms with E-state index in [1.807, 2.05) is 24.3 Å². The van der Waals surface area contributed by atoms with Gasteiger partial charge in [0.25, 0.3) is 0 Å². The molecule has 1 N–H and O–H groups in total. The molecular weight excluding hydrogens is 423 g/mol. The number of ether oxygens (including phenoxy) is 1. The highest BCUT2D eigenvalue weighted by atomic mass is 31.2. The van der Waals surface area contributed by atoms with E-state index in [9.17, 15) is 9.67 Å². The molecule has 0 aliphatic heterocycles. The van der Waals surface area contributed by atoms with E-state index in [1.165, 1.54) is 0 Å². The molecule has 1 aromatic rings. The van der Waals surface area contributed by atoms with Crippen molar-refractivity contribution in [2.75, 3.05) is 19.6 Å². The summed E-state index contributed by atoms with van der Waals surface area (Å²) >= 11 is 0. The molecule has 0 unspecified atom stereocenters. The van der Waals surface area contributed by atoms with Crippen LogP contribution in [0.5, 0.6) is 5.75 Å². The Labute approximate surface area is 196 Å². The first-order chi connectivity index (χ1) is 14.7. The molecule has 1 aromatic carbocycles. The highest BCUT2D eigenvalue weighted by Gasteiger charge is 2.41. The average molecular weight is 469 g/mol. The van der Waals surface area contributed by atoms with Gasteiger partial charge in [-0.15, -0.1) is 0 Å². The number of allylic oxidation sites excluding steroid dienone is 1. The van der Waals surface area contributed by atoms with Crippen LogP contribution in [-0.2, 0) is 13.6 Å². The molecule has 0 spiro atoms. The lowest BCUT2D eigenvalue weighted by Gasteiger charge is -2.45. The molecule has 0 aliphatic rings. The molecule has 1 rings (SSSR count). The lowest BCUT2D eigenvalue weighted by atomic mass is 9.62. The number of rotatable bonds is 12. The van der Waals surface area contributed by atoms with Crippen molar-refractivity contribution < 1.29 is 23.5 Å². The number of benzene rings is 1. The van der Waals surface area contributed by atoms with Gasteiger partial charge in [0.2, 0.25) is 0 Å². The van der Waals surface area contributed by atoms with Crippen LogP contribution in [0.2, 0.25) is 0 Å². The summed E-state index contributed by atoms with van der Waals surface area (Å²) in [6.07, 6.45) is 4.49. The van der Waals surface area contributed by atoms with Gasteiger partial charge in [-0.2, -0.15) is 0 Å². The molecule has 2 atom stereocenters. The van der Waals surface area contributed by atoms with Crippen molar-refractivity contribution in [1.82, 2.24) is 0 Å².